The van der Waals surface area contributed by atoms with E-state index in [0.717, 1.165) is 16.7 Å². The molecule has 2 atom stereocenters. The molecule has 2 unspecified atom stereocenters. The number of aromatic hydroxyl groups is 1. The zero-order valence-corrected chi connectivity index (χ0v) is 13.8. The van der Waals surface area contributed by atoms with Gasteiger partial charge in [-0.3, -0.25) is 0 Å². The maximum Gasteiger partial charge on any atom is 0.115 e. The minimum atomic E-state index is -0.0310. The smallest absolute Gasteiger partial charge is 0.115 e. The van der Waals surface area contributed by atoms with Crippen molar-refractivity contribution in [2.24, 2.45) is 5.92 Å². The van der Waals surface area contributed by atoms with Gasteiger partial charge in [-0.05, 0) is 48.6 Å². The van der Waals surface area contributed by atoms with Crippen molar-refractivity contribution < 1.29 is 9.84 Å². The van der Waals surface area contributed by atoms with Crippen LogP contribution in [0.5, 0.6) is 5.75 Å². The summed E-state index contributed by atoms with van der Waals surface area (Å²) in [4.78, 5) is 0. The fourth-order valence-corrected chi connectivity index (χ4v) is 1.90. The number of hydrogen-bond donors (Lipinski definition) is 1. The van der Waals surface area contributed by atoms with Gasteiger partial charge >= 0.3 is 0 Å². The van der Waals surface area contributed by atoms with Crippen LogP contribution in [0.25, 0.3) is 5.57 Å². The van der Waals surface area contributed by atoms with Gasteiger partial charge in [-0.15, -0.1) is 0 Å². The van der Waals surface area contributed by atoms with E-state index in [1.165, 1.54) is 0 Å². The van der Waals surface area contributed by atoms with Crippen LogP contribution in [0.4, 0.5) is 0 Å². The molecule has 2 nitrogen and oxygen atoms in total. The molecular weight excluding hydrogens is 272 g/mol. The molecule has 2 heteroatoms. The van der Waals surface area contributed by atoms with E-state index in [4.69, 9.17) is 4.74 Å². The molecule has 1 aromatic rings. The maximum absolute atomic E-state index is 9.29. The highest BCUT2D eigenvalue weighted by molar-refractivity contribution is 5.72. The summed E-state index contributed by atoms with van der Waals surface area (Å²) in [5.41, 5.74) is 2.75. The van der Waals surface area contributed by atoms with Gasteiger partial charge in [0.05, 0.1) is 12.7 Å². The van der Waals surface area contributed by atoms with Gasteiger partial charge in [-0.2, -0.15) is 0 Å². The predicted molar refractivity (Wildman–Crippen MR) is 94.8 cm³/mol. The highest BCUT2D eigenvalue weighted by Gasteiger charge is 2.06. The molecule has 0 amide bonds. The van der Waals surface area contributed by atoms with Gasteiger partial charge in [0.2, 0.25) is 0 Å². The maximum atomic E-state index is 9.29. The summed E-state index contributed by atoms with van der Waals surface area (Å²) in [7, 11) is 0. The van der Waals surface area contributed by atoms with Crippen LogP contribution in [0.2, 0.25) is 0 Å². The topological polar surface area (TPSA) is 29.5 Å². The predicted octanol–water partition coefficient (Wildman–Crippen LogP) is 5.14. The Kier molecular flexibility index (Phi) is 7.41. The molecule has 0 bridgehead atoms. The fraction of sp³-hybridized carbons (Fsp3) is 0.300. The normalized spacial score (nSPS) is 14.3. The van der Waals surface area contributed by atoms with Gasteiger partial charge in [0.25, 0.3) is 0 Å². The van der Waals surface area contributed by atoms with Crippen molar-refractivity contribution in [1.82, 2.24) is 0 Å². The third kappa shape index (κ3) is 6.15. The van der Waals surface area contributed by atoms with E-state index in [9.17, 15) is 5.11 Å². The van der Waals surface area contributed by atoms with Gasteiger partial charge in [-0.25, -0.2) is 0 Å². The van der Waals surface area contributed by atoms with Crippen LogP contribution in [0.15, 0.2) is 67.3 Å². The Labute approximate surface area is 134 Å². The number of hydrogen-bond acceptors (Lipinski definition) is 2. The van der Waals surface area contributed by atoms with Crippen molar-refractivity contribution >= 4 is 5.57 Å². The zero-order valence-electron chi connectivity index (χ0n) is 13.8. The van der Waals surface area contributed by atoms with E-state index in [-0.39, 0.29) is 11.9 Å². The molecule has 1 N–H and O–H groups in total. The first-order chi connectivity index (χ1) is 10.4. The van der Waals surface area contributed by atoms with Crippen molar-refractivity contribution in [3.05, 3.63) is 72.9 Å². The van der Waals surface area contributed by atoms with Crippen LogP contribution in [0.3, 0.4) is 0 Å². The average molecular weight is 298 g/mol. The summed E-state index contributed by atoms with van der Waals surface area (Å²) in [6, 6.07) is 6.97. The van der Waals surface area contributed by atoms with Crippen LogP contribution in [-0.2, 0) is 4.74 Å². The van der Waals surface area contributed by atoms with Crippen LogP contribution in [-0.4, -0.2) is 17.8 Å². The summed E-state index contributed by atoms with van der Waals surface area (Å²) in [6.07, 6.45) is 7.98. The van der Waals surface area contributed by atoms with E-state index in [0.29, 0.717) is 12.5 Å². The SMILES string of the molecule is C=C(/C=C\C(=C)C(C)OCC(C)/C=C/C)c1ccc(O)cc1. The van der Waals surface area contributed by atoms with Gasteiger partial charge in [0, 0.05) is 0 Å². The Morgan fingerprint density at radius 1 is 1.18 bits per heavy atom. The Hall–Kier alpha value is -2.06. The molecule has 0 spiro atoms. The summed E-state index contributed by atoms with van der Waals surface area (Å²) < 4.78 is 5.81. The lowest BCUT2D eigenvalue weighted by Crippen LogP contribution is -2.14. The number of benzene rings is 1. The molecule has 0 aliphatic carbocycles. The van der Waals surface area contributed by atoms with E-state index >= 15 is 0 Å². The quantitative estimate of drug-likeness (QED) is 0.532. The highest BCUT2D eigenvalue weighted by atomic mass is 16.5. The molecule has 1 rings (SSSR count). The minimum Gasteiger partial charge on any atom is -0.508 e. The van der Waals surface area contributed by atoms with Gasteiger partial charge in [0.15, 0.2) is 0 Å². The van der Waals surface area contributed by atoms with Gasteiger partial charge in [-0.1, -0.05) is 56.5 Å². The lowest BCUT2D eigenvalue weighted by Gasteiger charge is -2.15. The number of phenols is 1. The first-order valence-corrected chi connectivity index (χ1v) is 7.53. The third-order valence-corrected chi connectivity index (χ3v) is 3.39. The monoisotopic (exact) mass is 298 g/mol. The second kappa shape index (κ2) is 9.06. The Morgan fingerprint density at radius 3 is 2.41 bits per heavy atom. The van der Waals surface area contributed by atoms with Crippen LogP contribution in [0, 0.1) is 5.92 Å². The number of allylic oxidation sites excluding steroid dienone is 3. The molecule has 0 heterocycles. The molecule has 118 valence electrons. The fourth-order valence-electron chi connectivity index (χ4n) is 1.90. The standard InChI is InChI=1S/C20H26O2/c1-6-7-15(2)14-22-18(5)16(3)8-9-17(4)19-10-12-20(21)13-11-19/h6-13,15,18,21H,3-4,14H2,1-2,5H3/b7-6+,9-8-. The number of phenolic OH excluding ortho intramolecular Hbond substituents is 1. The number of ether oxygens (including phenoxy) is 1. The summed E-state index contributed by atoms with van der Waals surface area (Å²) in [5.74, 6) is 0.651. The molecule has 0 fully saturated rings. The zero-order chi connectivity index (χ0) is 16.5. The van der Waals surface area contributed by atoms with E-state index < -0.39 is 0 Å². The summed E-state index contributed by atoms with van der Waals surface area (Å²) in [5, 5.41) is 9.29. The first-order valence-electron chi connectivity index (χ1n) is 7.53. The third-order valence-electron chi connectivity index (χ3n) is 3.39. The van der Waals surface area contributed by atoms with E-state index in [1.807, 2.05) is 44.2 Å². The molecule has 0 aromatic heterocycles. The first kappa shape index (κ1) is 18.0. The van der Waals surface area contributed by atoms with Crippen molar-refractivity contribution in [1.29, 1.82) is 0 Å². The molecule has 0 saturated heterocycles. The Morgan fingerprint density at radius 2 is 1.82 bits per heavy atom. The van der Waals surface area contributed by atoms with Crippen LogP contribution < -0.4 is 0 Å². The largest absolute Gasteiger partial charge is 0.508 e. The lowest BCUT2D eigenvalue weighted by molar-refractivity contribution is 0.0774. The highest BCUT2D eigenvalue weighted by Crippen LogP contribution is 2.18. The summed E-state index contributed by atoms with van der Waals surface area (Å²) in [6.45, 7) is 14.9. The van der Waals surface area contributed by atoms with E-state index in [1.54, 1.807) is 12.1 Å². The van der Waals surface area contributed by atoms with Crippen LogP contribution in [0.1, 0.15) is 26.3 Å². The molecule has 22 heavy (non-hydrogen) atoms. The molecule has 0 aliphatic rings. The Balaban J connectivity index is 2.52. The van der Waals surface area contributed by atoms with Crippen molar-refractivity contribution in [3.63, 3.8) is 0 Å². The van der Waals surface area contributed by atoms with Gasteiger partial charge < -0.3 is 9.84 Å². The second-order valence-electron chi connectivity index (χ2n) is 5.46. The molecular formula is C20H26O2. The second-order valence-corrected chi connectivity index (χ2v) is 5.46. The van der Waals surface area contributed by atoms with Crippen molar-refractivity contribution in [2.75, 3.05) is 6.61 Å². The van der Waals surface area contributed by atoms with Crippen molar-refractivity contribution in [2.45, 2.75) is 26.9 Å². The molecule has 1 aromatic carbocycles. The van der Waals surface area contributed by atoms with E-state index in [2.05, 4.69) is 26.2 Å². The minimum absolute atomic E-state index is 0.0310. The Bertz CT molecular complexity index is 550. The molecule has 0 saturated carbocycles. The molecule has 0 radical (unpaired) electrons. The average Bonchev–Trinajstić information content (AvgIpc) is 2.50. The molecule has 0 aliphatic heterocycles. The number of rotatable bonds is 8. The van der Waals surface area contributed by atoms with Crippen molar-refractivity contribution in [3.8, 4) is 5.75 Å². The summed E-state index contributed by atoms with van der Waals surface area (Å²) >= 11 is 0. The lowest BCUT2D eigenvalue weighted by atomic mass is 10.0. The van der Waals surface area contributed by atoms with Crippen LogP contribution >= 0.6 is 0 Å². The van der Waals surface area contributed by atoms with Gasteiger partial charge in [0.1, 0.15) is 5.75 Å².